The molecule has 0 radical (unpaired) electrons. The van der Waals surface area contributed by atoms with E-state index in [4.69, 9.17) is 4.52 Å². The van der Waals surface area contributed by atoms with Gasteiger partial charge in [0.2, 0.25) is 5.89 Å². The minimum absolute atomic E-state index is 0.0107. The highest BCUT2D eigenvalue weighted by atomic mass is 19.4. The van der Waals surface area contributed by atoms with Crippen molar-refractivity contribution >= 4 is 16.9 Å². The van der Waals surface area contributed by atoms with Crippen LogP contribution < -0.4 is 10.1 Å². The van der Waals surface area contributed by atoms with Crippen molar-refractivity contribution in [3.05, 3.63) is 29.5 Å². The van der Waals surface area contributed by atoms with Crippen LogP contribution in [0.5, 0.6) is 5.75 Å². The van der Waals surface area contributed by atoms with Gasteiger partial charge >= 0.3 is 12.1 Å². The second-order valence-corrected chi connectivity index (χ2v) is 7.69. The minimum atomic E-state index is -5.23. The van der Waals surface area contributed by atoms with Crippen molar-refractivity contribution in [2.45, 2.75) is 38.8 Å². The third-order valence-corrected chi connectivity index (χ3v) is 4.99. The number of fused-ring (bicyclic) bond motifs is 1. The average Bonchev–Trinajstić information content (AvgIpc) is 3.40. The van der Waals surface area contributed by atoms with E-state index in [1.807, 2.05) is 0 Å². The third kappa shape index (κ3) is 4.24. The topological polar surface area (TPSA) is 95.1 Å². The zero-order chi connectivity index (χ0) is 22.3. The molecule has 0 spiro atoms. The number of hydrogen-bond acceptors (Lipinski definition) is 7. The molecule has 31 heavy (non-hydrogen) atoms. The van der Waals surface area contributed by atoms with Gasteiger partial charge in [-0.05, 0) is 36.5 Å². The van der Waals surface area contributed by atoms with Crippen LogP contribution in [0.2, 0.25) is 0 Å². The molecular formula is C19H19F4N5O3. The van der Waals surface area contributed by atoms with Crippen LogP contribution in [-0.4, -0.2) is 45.2 Å². The molecule has 1 N–H and O–H groups in total. The van der Waals surface area contributed by atoms with Crippen LogP contribution in [0.4, 0.5) is 17.6 Å². The van der Waals surface area contributed by atoms with Gasteiger partial charge in [0, 0.05) is 18.6 Å². The highest BCUT2D eigenvalue weighted by molar-refractivity contribution is 5.92. The van der Waals surface area contributed by atoms with Gasteiger partial charge in [0.05, 0.1) is 16.6 Å². The van der Waals surface area contributed by atoms with E-state index in [9.17, 15) is 22.4 Å². The van der Waals surface area contributed by atoms with Crippen molar-refractivity contribution in [3.63, 3.8) is 0 Å². The number of rotatable bonds is 5. The summed E-state index contributed by atoms with van der Waals surface area (Å²) in [5.74, 6) is -3.49. The summed E-state index contributed by atoms with van der Waals surface area (Å²) in [6, 6.07) is 1.79. The maximum atomic E-state index is 14.2. The Hall–Kier alpha value is -3.02. The van der Waals surface area contributed by atoms with Crippen LogP contribution in [0.25, 0.3) is 16.9 Å². The maximum absolute atomic E-state index is 14.2. The van der Waals surface area contributed by atoms with Gasteiger partial charge < -0.3 is 14.6 Å². The zero-order valence-electron chi connectivity index (χ0n) is 16.7. The Morgan fingerprint density at radius 1 is 1.39 bits per heavy atom. The fourth-order valence-corrected chi connectivity index (χ4v) is 3.55. The summed E-state index contributed by atoms with van der Waals surface area (Å²) >= 11 is 0. The molecule has 2 aromatic heterocycles. The summed E-state index contributed by atoms with van der Waals surface area (Å²) < 4.78 is 63.3. The molecule has 1 saturated heterocycles. The first-order valence-electron chi connectivity index (χ1n) is 9.68. The van der Waals surface area contributed by atoms with E-state index in [2.05, 4.69) is 25.3 Å². The molecule has 166 valence electrons. The third-order valence-electron chi connectivity index (χ3n) is 4.99. The van der Waals surface area contributed by atoms with Crippen LogP contribution in [0, 0.1) is 11.7 Å². The first kappa shape index (κ1) is 21.2. The van der Waals surface area contributed by atoms with Crippen molar-refractivity contribution in [1.29, 1.82) is 0 Å². The van der Waals surface area contributed by atoms with E-state index in [1.165, 1.54) is 4.68 Å². The number of aromatic nitrogens is 4. The number of carbonyl (C=O) groups is 1. The fourth-order valence-electron chi connectivity index (χ4n) is 3.55. The highest BCUT2D eigenvalue weighted by Crippen LogP contribution is 2.36. The molecular weight excluding hydrogens is 422 g/mol. The van der Waals surface area contributed by atoms with Gasteiger partial charge in [-0.3, -0.25) is 0 Å². The van der Waals surface area contributed by atoms with E-state index >= 15 is 0 Å². The molecule has 0 saturated carbocycles. The van der Waals surface area contributed by atoms with Gasteiger partial charge in [0.15, 0.2) is 0 Å². The highest BCUT2D eigenvalue weighted by Gasteiger charge is 2.42. The SMILES string of the molecule is CC(C)c1nn(-c2noc(C[C@@H]3CCNC3)n2)c2cc(F)cc(OC(=O)C(F)(F)F)c12. The Bertz CT molecular complexity index is 1120. The van der Waals surface area contributed by atoms with E-state index in [-0.39, 0.29) is 22.8 Å². The molecule has 0 aliphatic carbocycles. The Balaban J connectivity index is 1.78. The number of hydrogen-bond donors (Lipinski definition) is 1. The quantitative estimate of drug-likeness (QED) is 0.369. The van der Waals surface area contributed by atoms with Crippen LogP contribution >= 0.6 is 0 Å². The number of nitrogens with one attached hydrogen (secondary N) is 1. The molecule has 0 unspecified atom stereocenters. The maximum Gasteiger partial charge on any atom is 0.491 e. The van der Waals surface area contributed by atoms with Crippen molar-refractivity contribution in [3.8, 4) is 11.7 Å². The van der Waals surface area contributed by atoms with E-state index in [0.717, 1.165) is 31.6 Å². The summed E-state index contributed by atoms with van der Waals surface area (Å²) in [6.07, 6.45) is -3.71. The second-order valence-electron chi connectivity index (χ2n) is 7.69. The molecule has 1 aromatic carbocycles. The number of halogens is 4. The molecule has 1 fully saturated rings. The van der Waals surface area contributed by atoms with Gasteiger partial charge in [0.25, 0.3) is 5.95 Å². The standard InChI is InChI=1S/C19H19F4N5O3/c1-9(2)16-15-12(6-11(20)7-13(15)30-17(29)19(21,22)23)28(26-16)18-25-14(31-27-18)5-10-3-4-24-8-10/h6-7,9-10,24H,3-5,8H2,1-2H3/t10-/m0/s1. The van der Waals surface area contributed by atoms with Crippen LogP contribution in [0.15, 0.2) is 16.7 Å². The predicted molar refractivity (Wildman–Crippen MR) is 99.3 cm³/mol. The number of esters is 1. The molecule has 8 nitrogen and oxygen atoms in total. The first-order valence-corrected chi connectivity index (χ1v) is 9.68. The summed E-state index contributed by atoms with van der Waals surface area (Å²) in [5, 5.41) is 11.6. The largest absolute Gasteiger partial charge is 0.491 e. The molecule has 12 heteroatoms. The van der Waals surface area contributed by atoms with E-state index in [1.54, 1.807) is 13.8 Å². The fraction of sp³-hybridized carbons (Fsp3) is 0.474. The lowest BCUT2D eigenvalue weighted by molar-refractivity contribution is -0.189. The summed E-state index contributed by atoms with van der Waals surface area (Å²) in [4.78, 5) is 15.7. The van der Waals surface area contributed by atoms with Gasteiger partial charge in [-0.2, -0.15) is 27.9 Å². The first-order chi connectivity index (χ1) is 14.6. The van der Waals surface area contributed by atoms with Crippen molar-refractivity contribution in [1.82, 2.24) is 25.2 Å². The van der Waals surface area contributed by atoms with Gasteiger partial charge in [-0.1, -0.05) is 13.8 Å². The van der Waals surface area contributed by atoms with E-state index in [0.29, 0.717) is 23.9 Å². The van der Waals surface area contributed by atoms with Gasteiger partial charge in [0.1, 0.15) is 11.6 Å². The van der Waals surface area contributed by atoms with Crippen molar-refractivity contribution in [2.24, 2.45) is 5.92 Å². The molecule has 1 aliphatic heterocycles. The summed E-state index contributed by atoms with van der Waals surface area (Å²) in [6.45, 7) is 5.24. The molecule has 0 bridgehead atoms. The monoisotopic (exact) mass is 441 g/mol. The molecule has 0 amide bonds. The Morgan fingerprint density at radius 3 is 2.81 bits per heavy atom. The molecule has 1 atom stereocenters. The number of benzene rings is 1. The van der Waals surface area contributed by atoms with E-state index < -0.39 is 23.7 Å². The minimum Gasteiger partial charge on any atom is -0.419 e. The summed E-state index contributed by atoms with van der Waals surface area (Å²) in [7, 11) is 0. The number of alkyl halides is 3. The molecule has 3 heterocycles. The summed E-state index contributed by atoms with van der Waals surface area (Å²) in [5.41, 5.74) is 0.356. The number of ether oxygens (including phenoxy) is 1. The Morgan fingerprint density at radius 2 is 2.16 bits per heavy atom. The lowest BCUT2D eigenvalue weighted by atomic mass is 10.1. The smallest absolute Gasteiger partial charge is 0.419 e. The Labute approximate surface area is 173 Å². The lowest BCUT2D eigenvalue weighted by Crippen LogP contribution is -2.28. The van der Waals surface area contributed by atoms with Crippen LogP contribution in [0.3, 0.4) is 0 Å². The lowest BCUT2D eigenvalue weighted by Gasteiger charge is -2.10. The molecule has 3 aromatic rings. The van der Waals surface area contributed by atoms with Crippen LogP contribution in [0.1, 0.15) is 37.8 Å². The average molecular weight is 441 g/mol. The second kappa shape index (κ2) is 7.91. The normalized spacial score (nSPS) is 17.1. The predicted octanol–water partition coefficient (Wildman–Crippen LogP) is 3.29. The van der Waals surface area contributed by atoms with Gasteiger partial charge in [-0.15, -0.1) is 0 Å². The van der Waals surface area contributed by atoms with Crippen LogP contribution in [-0.2, 0) is 11.2 Å². The Kier molecular flexibility index (Phi) is 5.42. The van der Waals surface area contributed by atoms with Gasteiger partial charge in [-0.25, -0.2) is 9.18 Å². The van der Waals surface area contributed by atoms with Crippen molar-refractivity contribution < 1.29 is 31.6 Å². The molecule has 1 aliphatic rings. The number of nitrogens with zero attached hydrogens (tertiary/aromatic N) is 4. The number of carbonyl (C=O) groups excluding carboxylic acids is 1. The van der Waals surface area contributed by atoms with Crippen molar-refractivity contribution in [2.75, 3.05) is 13.1 Å². The molecule has 4 rings (SSSR count). The zero-order valence-corrected chi connectivity index (χ0v) is 16.7.